The molecular weight excluding hydrogens is 264 g/mol. The molecular formula is C17H24N2O2. The molecule has 2 fully saturated rings. The van der Waals surface area contributed by atoms with Crippen molar-refractivity contribution in [2.75, 3.05) is 33.3 Å². The molecule has 4 nitrogen and oxygen atoms in total. The second-order valence-corrected chi connectivity index (χ2v) is 5.95. The molecule has 0 aromatic heterocycles. The van der Waals surface area contributed by atoms with Gasteiger partial charge in [-0.25, -0.2) is 0 Å². The fraction of sp³-hybridized carbons (Fsp3) is 0.588. The maximum atomic E-state index is 11.7. The number of nitrogens with zero attached hydrogens (tertiary/aromatic N) is 2. The summed E-state index contributed by atoms with van der Waals surface area (Å²) in [6.45, 7) is 3.95. The number of hydrogen-bond donors (Lipinski definition) is 0. The number of ether oxygens (including phenoxy) is 1. The number of methoxy groups -OCH3 is 1. The van der Waals surface area contributed by atoms with Crippen LogP contribution in [0.15, 0.2) is 24.3 Å². The summed E-state index contributed by atoms with van der Waals surface area (Å²) < 4.78 is 5.23. The summed E-state index contributed by atoms with van der Waals surface area (Å²) in [6.07, 6.45) is 4.22. The number of benzene rings is 1. The topological polar surface area (TPSA) is 32.8 Å². The zero-order valence-electron chi connectivity index (χ0n) is 12.8. The quantitative estimate of drug-likeness (QED) is 0.834. The van der Waals surface area contributed by atoms with Crippen LogP contribution in [0.25, 0.3) is 0 Å². The van der Waals surface area contributed by atoms with Crippen LogP contribution >= 0.6 is 0 Å². The highest BCUT2D eigenvalue weighted by atomic mass is 16.5. The summed E-state index contributed by atoms with van der Waals surface area (Å²) in [6, 6.07) is 8.91. The Labute approximate surface area is 126 Å². The summed E-state index contributed by atoms with van der Waals surface area (Å²) in [5.74, 6) is 1.24. The maximum Gasteiger partial charge on any atom is 0.222 e. The first kappa shape index (κ1) is 14.4. The summed E-state index contributed by atoms with van der Waals surface area (Å²) in [7, 11) is 1.70. The van der Waals surface area contributed by atoms with E-state index in [1.54, 1.807) is 7.11 Å². The maximum absolute atomic E-state index is 11.7. The van der Waals surface area contributed by atoms with E-state index in [4.69, 9.17) is 4.74 Å². The van der Waals surface area contributed by atoms with Gasteiger partial charge in [-0.15, -0.1) is 0 Å². The molecule has 0 N–H and O–H groups in total. The predicted octanol–water partition coefficient (Wildman–Crippen LogP) is 2.45. The molecule has 0 radical (unpaired) electrons. The van der Waals surface area contributed by atoms with E-state index in [1.807, 2.05) is 17.0 Å². The van der Waals surface area contributed by atoms with Gasteiger partial charge in [-0.3, -0.25) is 9.69 Å². The Morgan fingerprint density at radius 3 is 2.62 bits per heavy atom. The second-order valence-electron chi connectivity index (χ2n) is 5.95. The van der Waals surface area contributed by atoms with Crippen LogP contribution in [0, 0.1) is 0 Å². The molecule has 1 unspecified atom stereocenters. The summed E-state index contributed by atoms with van der Waals surface area (Å²) in [5, 5.41) is 0. The first-order valence-electron chi connectivity index (χ1n) is 7.94. The molecule has 2 saturated heterocycles. The molecule has 114 valence electrons. The molecule has 1 aromatic rings. The molecule has 2 heterocycles. The smallest absolute Gasteiger partial charge is 0.222 e. The molecule has 0 spiro atoms. The summed E-state index contributed by atoms with van der Waals surface area (Å²) in [4.78, 5) is 16.2. The molecule has 0 saturated carbocycles. The van der Waals surface area contributed by atoms with Gasteiger partial charge in [-0.05, 0) is 43.5 Å². The van der Waals surface area contributed by atoms with E-state index < -0.39 is 0 Å². The van der Waals surface area contributed by atoms with E-state index in [-0.39, 0.29) is 0 Å². The molecule has 0 bridgehead atoms. The number of likely N-dealkylation sites (tertiary alicyclic amines) is 2. The van der Waals surface area contributed by atoms with Crippen LogP contribution in [0.4, 0.5) is 0 Å². The van der Waals surface area contributed by atoms with Crippen LogP contribution < -0.4 is 4.74 Å². The third-order valence-corrected chi connectivity index (χ3v) is 4.69. The van der Waals surface area contributed by atoms with Crippen molar-refractivity contribution in [3.63, 3.8) is 0 Å². The summed E-state index contributed by atoms with van der Waals surface area (Å²) >= 11 is 0. The van der Waals surface area contributed by atoms with Crippen molar-refractivity contribution >= 4 is 5.91 Å². The van der Waals surface area contributed by atoms with Crippen LogP contribution in [-0.2, 0) is 4.79 Å². The first-order valence-corrected chi connectivity index (χ1v) is 7.94. The molecule has 1 atom stereocenters. The lowest BCUT2D eigenvalue weighted by atomic mass is 10.0. The fourth-order valence-electron chi connectivity index (χ4n) is 3.49. The van der Waals surface area contributed by atoms with Crippen molar-refractivity contribution in [2.24, 2.45) is 0 Å². The van der Waals surface area contributed by atoms with Gasteiger partial charge in [0, 0.05) is 32.1 Å². The highest BCUT2D eigenvalue weighted by Gasteiger charge is 2.27. The Bertz CT molecular complexity index is 486. The van der Waals surface area contributed by atoms with Crippen molar-refractivity contribution in [3.8, 4) is 5.75 Å². The molecule has 0 aliphatic carbocycles. The zero-order valence-corrected chi connectivity index (χ0v) is 12.8. The van der Waals surface area contributed by atoms with Crippen molar-refractivity contribution in [2.45, 2.75) is 31.7 Å². The number of hydrogen-bond acceptors (Lipinski definition) is 3. The van der Waals surface area contributed by atoms with Crippen LogP contribution in [0.1, 0.15) is 37.3 Å². The average Bonchev–Trinajstić information content (AvgIpc) is 3.14. The fourth-order valence-corrected chi connectivity index (χ4v) is 3.49. The van der Waals surface area contributed by atoms with Crippen LogP contribution in [0.2, 0.25) is 0 Å². The number of carbonyl (C=O) groups excluding carboxylic acids is 1. The Balaban J connectivity index is 1.60. The highest BCUT2D eigenvalue weighted by molar-refractivity contribution is 5.78. The lowest BCUT2D eigenvalue weighted by molar-refractivity contribution is -0.127. The van der Waals surface area contributed by atoms with Gasteiger partial charge in [-0.2, -0.15) is 0 Å². The van der Waals surface area contributed by atoms with Gasteiger partial charge in [0.2, 0.25) is 5.91 Å². The number of rotatable bonds is 5. The van der Waals surface area contributed by atoms with E-state index in [0.29, 0.717) is 11.9 Å². The van der Waals surface area contributed by atoms with Gasteiger partial charge in [0.25, 0.3) is 0 Å². The lowest BCUT2D eigenvalue weighted by Gasteiger charge is -2.27. The van der Waals surface area contributed by atoms with Gasteiger partial charge in [-0.1, -0.05) is 12.1 Å². The molecule has 3 rings (SSSR count). The van der Waals surface area contributed by atoms with Crippen molar-refractivity contribution < 1.29 is 9.53 Å². The first-order chi connectivity index (χ1) is 10.3. The molecule has 2 aliphatic heterocycles. The normalized spacial score (nSPS) is 23.0. The zero-order chi connectivity index (χ0) is 14.7. The predicted molar refractivity (Wildman–Crippen MR) is 82.4 cm³/mol. The Morgan fingerprint density at radius 2 is 1.95 bits per heavy atom. The third kappa shape index (κ3) is 3.21. The van der Waals surface area contributed by atoms with Crippen molar-refractivity contribution in [3.05, 3.63) is 29.8 Å². The molecule has 1 amide bonds. The van der Waals surface area contributed by atoms with E-state index >= 15 is 0 Å². The van der Waals surface area contributed by atoms with Crippen LogP contribution in [0.3, 0.4) is 0 Å². The van der Waals surface area contributed by atoms with Gasteiger partial charge in [0.15, 0.2) is 0 Å². The minimum atomic E-state index is 0.329. The number of amides is 1. The Hall–Kier alpha value is -1.55. The largest absolute Gasteiger partial charge is 0.497 e. The monoisotopic (exact) mass is 288 g/mol. The molecule has 4 heteroatoms. The van der Waals surface area contributed by atoms with Crippen LogP contribution in [0.5, 0.6) is 5.75 Å². The Morgan fingerprint density at radius 1 is 1.14 bits per heavy atom. The van der Waals surface area contributed by atoms with Gasteiger partial charge >= 0.3 is 0 Å². The van der Waals surface area contributed by atoms with Crippen LogP contribution in [-0.4, -0.2) is 49.0 Å². The van der Waals surface area contributed by atoms with Crippen molar-refractivity contribution in [1.29, 1.82) is 0 Å². The van der Waals surface area contributed by atoms with Gasteiger partial charge in [0.05, 0.1) is 7.11 Å². The minimum absolute atomic E-state index is 0.329. The molecule has 1 aromatic carbocycles. The average molecular weight is 288 g/mol. The minimum Gasteiger partial charge on any atom is -0.497 e. The standard InChI is InChI=1S/C17H24N2O2/c1-21-15-8-6-14(7-9-15)16-4-2-10-18(16)12-13-19-11-3-5-17(19)20/h6-9,16H,2-5,10-13H2,1H3. The lowest BCUT2D eigenvalue weighted by Crippen LogP contribution is -2.35. The Kier molecular flexibility index (Phi) is 4.44. The molecule has 21 heavy (non-hydrogen) atoms. The SMILES string of the molecule is COc1ccc(C2CCCN2CCN2CCCC2=O)cc1. The summed E-state index contributed by atoms with van der Waals surface area (Å²) in [5.41, 5.74) is 1.36. The van der Waals surface area contributed by atoms with E-state index in [2.05, 4.69) is 17.0 Å². The molecule has 2 aliphatic rings. The van der Waals surface area contributed by atoms with Gasteiger partial charge in [0.1, 0.15) is 5.75 Å². The van der Waals surface area contributed by atoms with E-state index in [1.165, 1.54) is 18.4 Å². The third-order valence-electron chi connectivity index (χ3n) is 4.69. The highest BCUT2D eigenvalue weighted by Crippen LogP contribution is 2.32. The van der Waals surface area contributed by atoms with Gasteiger partial charge < -0.3 is 9.64 Å². The van der Waals surface area contributed by atoms with E-state index in [9.17, 15) is 4.79 Å². The second kappa shape index (κ2) is 6.48. The van der Waals surface area contributed by atoms with E-state index in [0.717, 1.165) is 44.8 Å². The number of carbonyl (C=O) groups is 1. The van der Waals surface area contributed by atoms with Crippen molar-refractivity contribution in [1.82, 2.24) is 9.80 Å².